The average molecular weight is 267 g/mol. The molecule has 0 aliphatic heterocycles. The molecule has 20 heavy (non-hydrogen) atoms. The summed E-state index contributed by atoms with van der Waals surface area (Å²) in [7, 11) is 0. The molecule has 0 fully saturated rings. The Balaban J connectivity index is 2.22. The van der Waals surface area contributed by atoms with Gasteiger partial charge in [0.25, 0.3) is 0 Å². The summed E-state index contributed by atoms with van der Waals surface area (Å²) in [4.78, 5) is 15.3. The molecule has 0 amide bonds. The van der Waals surface area contributed by atoms with Gasteiger partial charge in [-0.2, -0.15) is 5.10 Å². The van der Waals surface area contributed by atoms with Crippen LogP contribution in [-0.2, 0) is 6.42 Å². The molecule has 100 valence electrons. The zero-order chi connectivity index (χ0) is 14.1. The maximum Gasteiger partial charge on any atom is 0.339 e. The van der Waals surface area contributed by atoms with E-state index in [0.29, 0.717) is 5.65 Å². The van der Waals surface area contributed by atoms with Crippen molar-refractivity contribution in [3.05, 3.63) is 54.0 Å². The van der Waals surface area contributed by atoms with Gasteiger partial charge in [0.1, 0.15) is 11.9 Å². The molecular weight excluding hydrogens is 254 g/mol. The molecule has 0 atom stereocenters. The van der Waals surface area contributed by atoms with Gasteiger partial charge in [-0.15, -0.1) is 0 Å². The summed E-state index contributed by atoms with van der Waals surface area (Å²) in [5, 5.41) is 13.3. The van der Waals surface area contributed by atoms with Crippen molar-refractivity contribution in [2.45, 2.75) is 13.3 Å². The van der Waals surface area contributed by atoms with Gasteiger partial charge in [-0.25, -0.2) is 14.3 Å². The molecule has 5 heteroatoms. The van der Waals surface area contributed by atoms with Crippen LogP contribution in [0.3, 0.4) is 0 Å². The number of nitrogens with zero attached hydrogens (tertiary/aromatic N) is 3. The first-order chi connectivity index (χ1) is 9.69. The molecule has 2 aromatic heterocycles. The molecule has 0 spiro atoms. The number of carbonyl (C=O) groups is 1. The molecule has 3 rings (SSSR count). The average Bonchev–Trinajstić information content (AvgIpc) is 2.94. The Morgan fingerprint density at radius 3 is 2.90 bits per heavy atom. The molecule has 0 radical (unpaired) electrons. The van der Waals surface area contributed by atoms with Crippen molar-refractivity contribution in [2.75, 3.05) is 0 Å². The second kappa shape index (κ2) is 4.77. The minimum Gasteiger partial charge on any atom is -0.478 e. The summed E-state index contributed by atoms with van der Waals surface area (Å²) in [5.74, 6) is -1.00. The van der Waals surface area contributed by atoms with Crippen LogP contribution in [0.1, 0.15) is 22.8 Å². The lowest BCUT2D eigenvalue weighted by Crippen LogP contribution is -2.02. The van der Waals surface area contributed by atoms with Gasteiger partial charge in [0.15, 0.2) is 5.65 Å². The minimum absolute atomic E-state index is 0.155. The van der Waals surface area contributed by atoms with Gasteiger partial charge in [-0.3, -0.25) is 0 Å². The van der Waals surface area contributed by atoms with E-state index in [-0.39, 0.29) is 5.56 Å². The predicted molar refractivity (Wildman–Crippen MR) is 74.8 cm³/mol. The van der Waals surface area contributed by atoms with Crippen LogP contribution in [0.25, 0.3) is 16.8 Å². The number of hydrogen-bond acceptors (Lipinski definition) is 3. The van der Waals surface area contributed by atoms with E-state index in [1.807, 2.05) is 12.1 Å². The van der Waals surface area contributed by atoms with Crippen LogP contribution in [0.2, 0.25) is 0 Å². The number of aryl methyl sites for hydroxylation is 1. The summed E-state index contributed by atoms with van der Waals surface area (Å²) >= 11 is 0. The van der Waals surface area contributed by atoms with Crippen molar-refractivity contribution in [1.82, 2.24) is 14.6 Å². The van der Waals surface area contributed by atoms with Crippen molar-refractivity contribution in [2.24, 2.45) is 0 Å². The molecule has 0 aliphatic rings. The zero-order valence-corrected chi connectivity index (χ0v) is 10.9. The highest BCUT2D eigenvalue weighted by atomic mass is 16.4. The lowest BCUT2D eigenvalue weighted by molar-refractivity contribution is 0.0698. The van der Waals surface area contributed by atoms with Gasteiger partial charge in [-0.1, -0.05) is 31.2 Å². The van der Waals surface area contributed by atoms with Crippen LogP contribution in [0, 0.1) is 0 Å². The second-order valence-electron chi connectivity index (χ2n) is 4.53. The number of benzene rings is 1. The summed E-state index contributed by atoms with van der Waals surface area (Å²) in [5.41, 5.74) is 3.51. The van der Waals surface area contributed by atoms with Crippen LogP contribution in [0.15, 0.2) is 42.9 Å². The standard InChI is InChI=1S/C15H13N3O2/c1-2-10-4-3-5-11(6-10)12-7-13(15(19)20)14-16-9-17-18(14)8-12/h3-9H,2H2,1H3,(H,19,20). The van der Waals surface area contributed by atoms with Crippen LogP contribution in [0.5, 0.6) is 0 Å². The third-order valence-electron chi connectivity index (χ3n) is 3.27. The van der Waals surface area contributed by atoms with Crippen molar-refractivity contribution in [1.29, 1.82) is 0 Å². The van der Waals surface area contributed by atoms with Gasteiger partial charge >= 0.3 is 5.97 Å². The lowest BCUT2D eigenvalue weighted by atomic mass is 10.0. The van der Waals surface area contributed by atoms with Crippen molar-refractivity contribution in [3.63, 3.8) is 0 Å². The lowest BCUT2D eigenvalue weighted by Gasteiger charge is -2.06. The molecule has 1 aromatic carbocycles. The highest BCUT2D eigenvalue weighted by molar-refractivity contribution is 5.95. The predicted octanol–water partition coefficient (Wildman–Crippen LogP) is 2.66. The largest absolute Gasteiger partial charge is 0.478 e. The molecule has 0 aliphatic carbocycles. The number of carboxylic acid groups (broad SMARTS) is 1. The number of rotatable bonds is 3. The molecule has 1 N–H and O–H groups in total. The highest BCUT2D eigenvalue weighted by Gasteiger charge is 2.13. The number of fused-ring (bicyclic) bond motifs is 1. The Morgan fingerprint density at radius 1 is 1.30 bits per heavy atom. The van der Waals surface area contributed by atoms with Crippen molar-refractivity contribution in [3.8, 4) is 11.1 Å². The van der Waals surface area contributed by atoms with Gasteiger partial charge in [0.05, 0.1) is 0 Å². The van der Waals surface area contributed by atoms with Crippen molar-refractivity contribution < 1.29 is 9.90 Å². The van der Waals surface area contributed by atoms with Gasteiger partial charge in [0, 0.05) is 11.8 Å². The molecule has 0 saturated carbocycles. The van der Waals surface area contributed by atoms with Crippen molar-refractivity contribution >= 4 is 11.6 Å². The highest BCUT2D eigenvalue weighted by Crippen LogP contribution is 2.23. The van der Waals surface area contributed by atoms with E-state index < -0.39 is 5.97 Å². The third-order valence-corrected chi connectivity index (χ3v) is 3.27. The summed E-state index contributed by atoms with van der Waals surface area (Å²) in [6, 6.07) is 9.68. The number of hydrogen-bond donors (Lipinski definition) is 1. The Bertz CT molecular complexity index is 793. The fraction of sp³-hybridized carbons (Fsp3) is 0.133. The number of pyridine rings is 1. The molecular formula is C15H13N3O2. The maximum absolute atomic E-state index is 11.3. The molecule has 5 nitrogen and oxygen atoms in total. The normalized spacial score (nSPS) is 10.8. The fourth-order valence-corrected chi connectivity index (χ4v) is 2.21. The van der Waals surface area contributed by atoms with E-state index in [2.05, 4.69) is 29.1 Å². The molecule has 0 saturated heterocycles. The van der Waals surface area contributed by atoms with Gasteiger partial charge in [-0.05, 0) is 23.6 Å². The van der Waals surface area contributed by atoms with Crippen LogP contribution in [0.4, 0.5) is 0 Å². The third kappa shape index (κ3) is 2.03. The topological polar surface area (TPSA) is 67.5 Å². The van der Waals surface area contributed by atoms with E-state index in [0.717, 1.165) is 17.5 Å². The zero-order valence-electron chi connectivity index (χ0n) is 10.9. The minimum atomic E-state index is -1.00. The fourth-order valence-electron chi connectivity index (χ4n) is 2.21. The monoisotopic (exact) mass is 267 g/mol. The van der Waals surface area contributed by atoms with E-state index >= 15 is 0 Å². The first-order valence-electron chi connectivity index (χ1n) is 6.35. The Kier molecular flexibility index (Phi) is 2.95. The van der Waals surface area contributed by atoms with Crippen LogP contribution < -0.4 is 0 Å². The number of aromatic carboxylic acids is 1. The Morgan fingerprint density at radius 2 is 2.15 bits per heavy atom. The Hall–Kier alpha value is -2.69. The number of aromatic nitrogens is 3. The first-order valence-corrected chi connectivity index (χ1v) is 6.35. The van der Waals surface area contributed by atoms with E-state index in [4.69, 9.17) is 0 Å². The van der Waals surface area contributed by atoms with Gasteiger partial charge in [0.2, 0.25) is 0 Å². The quantitative estimate of drug-likeness (QED) is 0.792. The molecule has 0 bridgehead atoms. The second-order valence-corrected chi connectivity index (χ2v) is 4.53. The van der Waals surface area contributed by atoms with E-state index in [1.165, 1.54) is 16.4 Å². The van der Waals surface area contributed by atoms with Crippen LogP contribution >= 0.6 is 0 Å². The smallest absolute Gasteiger partial charge is 0.339 e. The molecule has 2 heterocycles. The van der Waals surface area contributed by atoms with Crippen LogP contribution in [-0.4, -0.2) is 25.7 Å². The summed E-state index contributed by atoms with van der Waals surface area (Å²) < 4.78 is 1.50. The van der Waals surface area contributed by atoms with E-state index in [1.54, 1.807) is 12.3 Å². The maximum atomic E-state index is 11.3. The molecule has 3 aromatic rings. The number of carboxylic acids is 1. The molecule has 0 unspecified atom stereocenters. The SMILES string of the molecule is CCc1cccc(-c2cc(C(=O)O)c3ncnn3c2)c1. The van der Waals surface area contributed by atoms with Gasteiger partial charge < -0.3 is 5.11 Å². The summed E-state index contributed by atoms with van der Waals surface area (Å²) in [6.45, 7) is 2.09. The first kappa shape index (κ1) is 12.3. The van der Waals surface area contributed by atoms with E-state index in [9.17, 15) is 9.90 Å². The Labute approximate surface area is 115 Å². The summed E-state index contributed by atoms with van der Waals surface area (Å²) in [6.07, 6.45) is 4.09.